The second kappa shape index (κ2) is 10.8. The molecule has 0 saturated carbocycles. The molecule has 1 aliphatic rings. The summed E-state index contributed by atoms with van der Waals surface area (Å²) in [4.78, 5) is 41.0. The first-order valence-electron chi connectivity index (χ1n) is 10.7. The van der Waals surface area contributed by atoms with Crippen LogP contribution in [0.1, 0.15) is 11.1 Å². The third kappa shape index (κ3) is 5.63. The topological polar surface area (TPSA) is 75.7 Å². The number of benzene rings is 3. The number of amides is 2. The molecule has 34 heavy (non-hydrogen) atoms. The molecule has 1 N–H and O–H groups in total. The number of esters is 1. The van der Waals surface area contributed by atoms with E-state index in [9.17, 15) is 14.4 Å². The van der Waals surface area contributed by atoms with Gasteiger partial charge in [-0.2, -0.15) is 0 Å². The van der Waals surface area contributed by atoms with Crippen LogP contribution in [0.15, 0.2) is 76.5 Å². The van der Waals surface area contributed by atoms with Crippen LogP contribution in [0.3, 0.4) is 0 Å². The summed E-state index contributed by atoms with van der Waals surface area (Å²) >= 11 is 2.75. The zero-order valence-corrected chi connectivity index (χ0v) is 20.5. The van der Waals surface area contributed by atoms with Crippen molar-refractivity contribution in [1.82, 2.24) is 0 Å². The molecule has 1 aliphatic heterocycles. The van der Waals surface area contributed by atoms with Crippen molar-refractivity contribution in [2.75, 3.05) is 28.3 Å². The molecule has 174 valence electrons. The molecule has 8 heteroatoms. The van der Waals surface area contributed by atoms with Gasteiger partial charge in [0.15, 0.2) is 6.61 Å². The maximum atomic E-state index is 13.0. The van der Waals surface area contributed by atoms with E-state index in [-0.39, 0.29) is 29.9 Å². The minimum atomic E-state index is -0.536. The van der Waals surface area contributed by atoms with Crippen molar-refractivity contribution in [2.24, 2.45) is 0 Å². The lowest BCUT2D eigenvalue weighted by Crippen LogP contribution is -2.32. The Hall–Kier alpha value is -3.23. The highest BCUT2D eigenvalue weighted by Crippen LogP contribution is 2.47. The highest BCUT2D eigenvalue weighted by molar-refractivity contribution is 8.00. The fraction of sp³-hybridized carbons (Fsp3) is 0.192. The Morgan fingerprint density at radius 2 is 1.56 bits per heavy atom. The zero-order chi connectivity index (χ0) is 24.1. The fourth-order valence-electron chi connectivity index (χ4n) is 3.59. The normalized spacial score (nSPS) is 11.9. The lowest BCUT2D eigenvalue weighted by atomic mass is 10.1. The summed E-state index contributed by atoms with van der Waals surface area (Å²) in [5.41, 5.74) is 4.40. The van der Waals surface area contributed by atoms with Gasteiger partial charge in [0.05, 0.1) is 22.9 Å². The lowest BCUT2D eigenvalue weighted by molar-refractivity contribution is -0.144. The van der Waals surface area contributed by atoms with Crippen LogP contribution >= 0.6 is 23.5 Å². The van der Waals surface area contributed by atoms with E-state index in [2.05, 4.69) is 5.32 Å². The number of nitrogens with zero attached hydrogens (tertiary/aromatic N) is 1. The Morgan fingerprint density at radius 3 is 2.21 bits per heavy atom. The molecule has 6 nitrogen and oxygen atoms in total. The molecule has 0 saturated heterocycles. The maximum Gasteiger partial charge on any atom is 0.316 e. The second-order valence-electron chi connectivity index (χ2n) is 7.79. The summed E-state index contributed by atoms with van der Waals surface area (Å²) in [6, 6.07) is 21.1. The number of nitrogens with one attached hydrogen (secondary N) is 1. The third-order valence-corrected chi connectivity index (χ3v) is 7.18. The van der Waals surface area contributed by atoms with Crippen LogP contribution in [0.4, 0.5) is 17.1 Å². The largest absolute Gasteiger partial charge is 0.455 e. The highest BCUT2D eigenvalue weighted by Gasteiger charge is 2.28. The maximum absolute atomic E-state index is 13.0. The number of anilines is 3. The van der Waals surface area contributed by atoms with Gasteiger partial charge in [0.25, 0.3) is 5.91 Å². The minimum Gasteiger partial charge on any atom is -0.455 e. The smallest absolute Gasteiger partial charge is 0.316 e. The minimum absolute atomic E-state index is 0.0173. The van der Waals surface area contributed by atoms with Crippen molar-refractivity contribution in [2.45, 2.75) is 23.6 Å². The van der Waals surface area contributed by atoms with Gasteiger partial charge in [-0.1, -0.05) is 53.7 Å². The number of hydrogen-bond donors (Lipinski definition) is 1. The Labute approximate surface area is 207 Å². The molecule has 0 atom stereocenters. The van der Waals surface area contributed by atoms with E-state index in [4.69, 9.17) is 4.74 Å². The SMILES string of the molecule is Cc1ccc(NC(=O)CSCC(=O)OCC(=O)N2c3ccccc3Sc3ccccc32)c(C)c1. The molecule has 4 rings (SSSR count). The number of aryl methyl sites for hydroxylation is 2. The van der Waals surface area contributed by atoms with Crippen molar-refractivity contribution >= 4 is 58.4 Å². The number of ether oxygens (including phenoxy) is 1. The van der Waals surface area contributed by atoms with Crippen molar-refractivity contribution < 1.29 is 19.1 Å². The Bertz CT molecular complexity index is 1200. The van der Waals surface area contributed by atoms with Crippen LogP contribution in [0, 0.1) is 13.8 Å². The summed E-state index contributed by atoms with van der Waals surface area (Å²) in [5.74, 6) is -0.964. The van der Waals surface area contributed by atoms with E-state index >= 15 is 0 Å². The van der Waals surface area contributed by atoms with Gasteiger partial charge >= 0.3 is 5.97 Å². The van der Waals surface area contributed by atoms with E-state index in [0.29, 0.717) is 0 Å². The van der Waals surface area contributed by atoms with Gasteiger partial charge in [-0.3, -0.25) is 19.3 Å². The van der Waals surface area contributed by atoms with Gasteiger partial charge in [-0.05, 0) is 49.7 Å². The Kier molecular flexibility index (Phi) is 7.59. The van der Waals surface area contributed by atoms with Crippen LogP contribution in [-0.2, 0) is 19.1 Å². The number of carbonyl (C=O) groups excluding carboxylic acids is 3. The number of fused-ring (bicyclic) bond motifs is 2. The molecular weight excluding hydrogens is 468 g/mol. The first-order valence-corrected chi connectivity index (χ1v) is 12.7. The van der Waals surface area contributed by atoms with E-state index in [0.717, 1.165) is 49.7 Å². The molecule has 0 aliphatic carbocycles. The second-order valence-corrected chi connectivity index (χ2v) is 9.86. The third-order valence-electron chi connectivity index (χ3n) is 5.15. The molecule has 2 amide bonds. The standard InChI is InChI=1S/C26H24N2O4S2/c1-17-11-12-19(18(2)13-17)27-24(29)15-33-16-26(31)32-14-25(30)28-20-7-3-5-9-22(20)34-23-10-6-4-8-21(23)28/h3-13H,14-16H2,1-2H3,(H,27,29). The molecule has 3 aromatic rings. The monoisotopic (exact) mass is 492 g/mol. The first kappa shape index (κ1) is 23.9. The predicted molar refractivity (Wildman–Crippen MR) is 137 cm³/mol. The molecule has 0 aromatic heterocycles. The molecule has 0 fully saturated rings. The number of thioether (sulfide) groups is 1. The number of hydrogen-bond acceptors (Lipinski definition) is 6. The van der Waals surface area contributed by atoms with Gasteiger partial charge in [0, 0.05) is 15.5 Å². The fourth-order valence-corrected chi connectivity index (χ4v) is 5.26. The molecule has 0 bridgehead atoms. The van der Waals surface area contributed by atoms with E-state index in [1.807, 2.05) is 80.6 Å². The van der Waals surface area contributed by atoms with Gasteiger partial charge in [0.1, 0.15) is 0 Å². The summed E-state index contributed by atoms with van der Waals surface area (Å²) in [6.07, 6.45) is 0. The van der Waals surface area contributed by atoms with Crippen molar-refractivity contribution in [3.63, 3.8) is 0 Å². The number of rotatable bonds is 7. The molecule has 3 aromatic carbocycles. The first-order chi connectivity index (χ1) is 16.4. The molecular formula is C26H24N2O4S2. The van der Waals surface area contributed by atoms with Crippen LogP contribution in [-0.4, -0.2) is 35.9 Å². The molecule has 1 heterocycles. The molecule has 0 radical (unpaired) electrons. The Morgan fingerprint density at radius 1 is 0.912 bits per heavy atom. The summed E-state index contributed by atoms with van der Waals surface area (Å²) < 4.78 is 5.23. The van der Waals surface area contributed by atoms with Crippen molar-refractivity contribution in [1.29, 1.82) is 0 Å². The predicted octanol–water partition coefficient (Wildman–Crippen LogP) is 5.35. The van der Waals surface area contributed by atoms with Gasteiger partial charge in [-0.25, -0.2) is 0 Å². The number of para-hydroxylation sites is 2. The van der Waals surface area contributed by atoms with E-state index in [1.165, 1.54) is 0 Å². The molecule has 0 unspecified atom stereocenters. The average Bonchev–Trinajstić information content (AvgIpc) is 2.82. The number of carbonyl (C=O) groups is 3. The van der Waals surface area contributed by atoms with Crippen molar-refractivity contribution in [3.05, 3.63) is 77.9 Å². The van der Waals surface area contributed by atoms with Crippen LogP contribution < -0.4 is 10.2 Å². The van der Waals surface area contributed by atoms with Crippen LogP contribution in [0.5, 0.6) is 0 Å². The zero-order valence-electron chi connectivity index (χ0n) is 18.9. The lowest BCUT2D eigenvalue weighted by Gasteiger charge is -2.30. The Balaban J connectivity index is 1.28. The van der Waals surface area contributed by atoms with Crippen molar-refractivity contribution in [3.8, 4) is 0 Å². The van der Waals surface area contributed by atoms with Crippen LogP contribution in [0.25, 0.3) is 0 Å². The van der Waals surface area contributed by atoms with Crippen LogP contribution in [0.2, 0.25) is 0 Å². The van der Waals surface area contributed by atoms with E-state index in [1.54, 1.807) is 16.7 Å². The van der Waals surface area contributed by atoms with Gasteiger partial charge in [-0.15, -0.1) is 11.8 Å². The van der Waals surface area contributed by atoms with Gasteiger partial charge < -0.3 is 10.1 Å². The summed E-state index contributed by atoms with van der Waals surface area (Å²) in [7, 11) is 0. The van der Waals surface area contributed by atoms with Gasteiger partial charge in [0.2, 0.25) is 5.91 Å². The molecule has 0 spiro atoms. The summed E-state index contributed by atoms with van der Waals surface area (Å²) in [6.45, 7) is 3.55. The quantitative estimate of drug-likeness (QED) is 0.448. The highest BCUT2D eigenvalue weighted by atomic mass is 32.2. The average molecular weight is 493 g/mol. The summed E-state index contributed by atoms with van der Waals surface area (Å²) in [5, 5.41) is 2.85. The van der Waals surface area contributed by atoms with E-state index < -0.39 is 5.97 Å².